The number of rotatable bonds is 9. The summed E-state index contributed by atoms with van der Waals surface area (Å²) >= 11 is 0. The fourth-order valence-corrected chi connectivity index (χ4v) is 4.78. The molecule has 7 nitrogen and oxygen atoms in total. The van der Waals surface area contributed by atoms with Crippen LogP contribution in [0, 0.1) is 0 Å². The first-order valence-electron chi connectivity index (χ1n) is 10.3. The number of hydrogen-bond acceptors (Lipinski definition) is 5. The van der Waals surface area contributed by atoms with Gasteiger partial charge in [0.1, 0.15) is 0 Å². The molecule has 3 rings (SSSR count). The highest BCUT2D eigenvalue weighted by molar-refractivity contribution is 7.91. The van der Waals surface area contributed by atoms with Gasteiger partial charge in [-0.15, -0.1) is 0 Å². The number of hydrogen-bond donors (Lipinski definition) is 1. The Labute approximate surface area is 181 Å². The van der Waals surface area contributed by atoms with Crippen molar-refractivity contribution < 1.29 is 8.42 Å². The summed E-state index contributed by atoms with van der Waals surface area (Å²) in [5, 5.41) is -0.227. The first-order chi connectivity index (χ1) is 14.9. The molecule has 0 saturated carbocycles. The van der Waals surface area contributed by atoms with E-state index in [9.17, 15) is 18.0 Å². The fraction of sp³-hybridized carbons (Fsp3) is 0.304. The highest BCUT2D eigenvalue weighted by Crippen LogP contribution is 2.25. The van der Waals surface area contributed by atoms with Crippen molar-refractivity contribution in [2.75, 3.05) is 12.3 Å². The second-order valence-corrected chi connectivity index (χ2v) is 9.45. The molecule has 3 aromatic rings. The molecule has 2 N–H and O–H groups in total. The predicted molar refractivity (Wildman–Crippen MR) is 122 cm³/mol. The molecule has 1 aromatic heterocycles. The van der Waals surface area contributed by atoms with E-state index in [1.54, 1.807) is 30.3 Å². The lowest BCUT2D eigenvalue weighted by Gasteiger charge is -2.19. The Morgan fingerprint density at radius 3 is 2.06 bits per heavy atom. The standard InChI is InChI=1S/C23H27N3O4S/c1-2-31(29,30)22-20(19-13-7-4-8-14-19)21(27)25(16-10-9-15-24)23(28)26(22)17-18-11-5-3-6-12-18/h3-8,11-14H,2,9-10,15-17,24H2,1H3. The smallest absolute Gasteiger partial charge is 0.330 e. The number of benzene rings is 2. The topological polar surface area (TPSA) is 104 Å². The van der Waals surface area contributed by atoms with Crippen LogP contribution in [0.1, 0.15) is 25.3 Å². The summed E-state index contributed by atoms with van der Waals surface area (Å²) in [5.74, 6) is -0.225. The average Bonchev–Trinajstić information content (AvgIpc) is 2.79. The summed E-state index contributed by atoms with van der Waals surface area (Å²) in [4.78, 5) is 26.8. The van der Waals surface area contributed by atoms with Crippen molar-refractivity contribution in [3.8, 4) is 11.1 Å². The van der Waals surface area contributed by atoms with E-state index < -0.39 is 21.1 Å². The van der Waals surface area contributed by atoms with Gasteiger partial charge in [0.05, 0.1) is 17.9 Å². The Morgan fingerprint density at radius 2 is 1.48 bits per heavy atom. The quantitative estimate of drug-likeness (QED) is 0.405. The Morgan fingerprint density at radius 1 is 0.871 bits per heavy atom. The molecule has 0 aliphatic carbocycles. The summed E-state index contributed by atoms with van der Waals surface area (Å²) in [7, 11) is -3.89. The molecular weight excluding hydrogens is 414 g/mol. The maximum Gasteiger partial charge on any atom is 0.332 e. The van der Waals surface area contributed by atoms with Gasteiger partial charge in [0.2, 0.25) is 0 Å². The van der Waals surface area contributed by atoms with E-state index in [2.05, 4.69) is 0 Å². The minimum atomic E-state index is -3.89. The van der Waals surface area contributed by atoms with Crippen molar-refractivity contribution in [2.45, 2.75) is 37.9 Å². The van der Waals surface area contributed by atoms with Gasteiger partial charge >= 0.3 is 5.69 Å². The van der Waals surface area contributed by atoms with E-state index in [1.807, 2.05) is 30.3 Å². The highest BCUT2D eigenvalue weighted by atomic mass is 32.2. The van der Waals surface area contributed by atoms with Crippen LogP contribution < -0.4 is 17.0 Å². The van der Waals surface area contributed by atoms with Gasteiger partial charge in [-0.05, 0) is 30.5 Å². The lowest BCUT2D eigenvalue weighted by Crippen LogP contribution is -2.43. The molecule has 0 radical (unpaired) electrons. The van der Waals surface area contributed by atoms with Gasteiger partial charge in [0, 0.05) is 6.54 Å². The van der Waals surface area contributed by atoms with Crippen molar-refractivity contribution in [2.24, 2.45) is 5.73 Å². The average molecular weight is 442 g/mol. The Hall–Kier alpha value is -2.97. The molecule has 0 saturated heterocycles. The zero-order valence-electron chi connectivity index (χ0n) is 17.5. The molecular formula is C23H27N3O4S. The molecule has 0 aliphatic heterocycles. The number of nitrogens with two attached hydrogens (primary N) is 1. The number of unbranched alkanes of at least 4 members (excludes halogenated alkanes) is 1. The van der Waals surface area contributed by atoms with Gasteiger partial charge < -0.3 is 5.73 Å². The molecule has 31 heavy (non-hydrogen) atoms. The SMILES string of the molecule is CCS(=O)(=O)c1c(-c2ccccc2)c(=O)n(CCCCN)c(=O)n1Cc1ccccc1. The van der Waals surface area contributed by atoms with Crippen LogP contribution in [0.5, 0.6) is 0 Å². The van der Waals surface area contributed by atoms with E-state index in [-0.39, 0.29) is 29.4 Å². The molecule has 1 heterocycles. The lowest BCUT2D eigenvalue weighted by molar-refractivity contribution is 0.509. The monoisotopic (exact) mass is 441 g/mol. The summed E-state index contributed by atoms with van der Waals surface area (Å²) in [6.45, 7) is 2.18. The van der Waals surface area contributed by atoms with Crippen LogP contribution >= 0.6 is 0 Å². The van der Waals surface area contributed by atoms with Crippen LogP contribution in [-0.4, -0.2) is 29.8 Å². The third kappa shape index (κ3) is 4.86. The Balaban J connectivity index is 2.39. The van der Waals surface area contributed by atoms with E-state index in [0.29, 0.717) is 24.9 Å². The molecule has 0 atom stereocenters. The third-order valence-electron chi connectivity index (χ3n) is 5.14. The molecule has 0 spiro atoms. The molecule has 0 aliphatic rings. The predicted octanol–water partition coefficient (Wildman–Crippen LogP) is 2.26. The minimum Gasteiger partial charge on any atom is -0.330 e. The molecule has 0 fully saturated rings. The fourth-order valence-electron chi connectivity index (χ4n) is 3.51. The second-order valence-electron chi connectivity index (χ2n) is 7.26. The first kappa shape index (κ1) is 22.7. The molecule has 0 unspecified atom stereocenters. The Kier molecular flexibility index (Phi) is 7.25. The van der Waals surface area contributed by atoms with Gasteiger partial charge in [-0.3, -0.25) is 13.9 Å². The van der Waals surface area contributed by atoms with Crippen molar-refractivity contribution in [1.82, 2.24) is 9.13 Å². The van der Waals surface area contributed by atoms with Crippen LogP contribution in [0.4, 0.5) is 0 Å². The van der Waals surface area contributed by atoms with Gasteiger partial charge in [-0.1, -0.05) is 67.6 Å². The zero-order chi connectivity index (χ0) is 22.4. The van der Waals surface area contributed by atoms with Crippen molar-refractivity contribution in [3.63, 3.8) is 0 Å². The molecule has 164 valence electrons. The van der Waals surface area contributed by atoms with Gasteiger partial charge in [-0.25, -0.2) is 13.2 Å². The lowest BCUT2D eigenvalue weighted by atomic mass is 10.1. The Bertz CT molecular complexity index is 1250. The zero-order valence-corrected chi connectivity index (χ0v) is 18.3. The number of sulfone groups is 1. The normalized spacial score (nSPS) is 11.5. The minimum absolute atomic E-state index is 0.0331. The van der Waals surface area contributed by atoms with Crippen LogP contribution in [0.3, 0.4) is 0 Å². The third-order valence-corrected chi connectivity index (χ3v) is 6.91. The maximum atomic E-state index is 13.4. The van der Waals surface area contributed by atoms with Crippen LogP contribution in [-0.2, 0) is 22.9 Å². The summed E-state index contributed by atoms with van der Waals surface area (Å²) in [6, 6.07) is 17.8. The van der Waals surface area contributed by atoms with Crippen LogP contribution in [0.2, 0.25) is 0 Å². The van der Waals surface area contributed by atoms with E-state index >= 15 is 0 Å². The van der Waals surface area contributed by atoms with E-state index in [4.69, 9.17) is 5.73 Å². The van der Waals surface area contributed by atoms with E-state index in [1.165, 1.54) is 11.5 Å². The second kappa shape index (κ2) is 9.89. The summed E-state index contributed by atoms with van der Waals surface area (Å²) < 4.78 is 28.7. The molecule has 8 heteroatoms. The van der Waals surface area contributed by atoms with Crippen LogP contribution in [0.25, 0.3) is 11.1 Å². The van der Waals surface area contributed by atoms with Crippen molar-refractivity contribution in [3.05, 3.63) is 87.1 Å². The maximum absolute atomic E-state index is 13.4. The molecule has 0 amide bonds. The summed E-state index contributed by atoms with van der Waals surface area (Å²) in [5.41, 5.74) is 5.62. The highest BCUT2D eigenvalue weighted by Gasteiger charge is 2.28. The molecule has 2 aromatic carbocycles. The molecule has 0 bridgehead atoms. The number of nitrogens with zero attached hydrogens (tertiary/aromatic N) is 2. The van der Waals surface area contributed by atoms with Gasteiger partial charge in [0.15, 0.2) is 14.9 Å². The van der Waals surface area contributed by atoms with Crippen LogP contribution in [0.15, 0.2) is 75.3 Å². The largest absolute Gasteiger partial charge is 0.332 e. The summed E-state index contributed by atoms with van der Waals surface area (Å²) in [6.07, 6.45) is 1.20. The van der Waals surface area contributed by atoms with Gasteiger partial charge in [-0.2, -0.15) is 0 Å². The number of aromatic nitrogens is 2. The van der Waals surface area contributed by atoms with Crippen molar-refractivity contribution >= 4 is 9.84 Å². The van der Waals surface area contributed by atoms with Crippen molar-refractivity contribution in [1.29, 1.82) is 0 Å². The van der Waals surface area contributed by atoms with E-state index in [0.717, 1.165) is 10.1 Å². The van der Waals surface area contributed by atoms with Gasteiger partial charge in [0.25, 0.3) is 5.56 Å². The first-order valence-corrected chi connectivity index (χ1v) is 12.0.